The van der Waals surface area contributed by atoms with Crippen molar-refractivity contribution in [1.29, 1.82) is 0 Å². The van der Waals surface area contributed by atoms with Gasteiger partial charge in [0.15, 0.2) is 11.5 Å². The predicted octanol–water partition coefficient (Wildman–Crippen LogP) is 2.49. The highest BCUT2D eigenvalue weighted by Gasteiger charge is 2.19. The molecule has 9 nitrogen and oxygen atoms in total. The summed E-state index contributed by atoms with van der Waals surface area (Å²) in [6, 6.07) is 12.7. The summed E-state index contributed by atoms with van der Waals surface area (Å²) in [5, 5.41) is 14.8. The topological polar surface area (TPSA) is 109 Å². The molecule has 0 spiro atoms. The molecule has 1 heterocycles. The average Bonchev–Trinajstić information content (AvgIpc) is 2.81. The van der Waals surface area contributed by atoms with E-state index in [4.69, 9.17) is 34.0 Å². The second kappa shape index (κ2) is 12.7. The minimum absolute atomic E-state index is 0.645. The van der Waals surface area contributed by atoms with Crippen molar-refractivity contribution in [3.05, 3.63) is 53.1 Å². The minimum atomic E-state index is -1.82. The van der Waals surface area contributed by atoms with Gasteiger partial charge >= 0.3 is 11.9 Å². The summed E-state index contributed by atoms with van der Waals surface area (Å²) in [5.41, 5.74) is 3.98. The van der Waals surface area contributed by atoms with Crippen LogP contribution in [0.15, 0.2) is 36.4 Å². The van der Waals surface area contributed by atoms with Crippen molar-refractivity contribution in [2.24, 2.45) is 0 Å². The van der Waals surface area contributed by atoms with Gasteiger partial charge in [-0.05, 0) is 35.7 Å². The number of rotatable bonds is 7. The Morgan fingerprint density at radius 2 is 1.30 bits per heavy atom. The molecule has 9 heteroatoms. The molecule has 0 radical (unpaired) electrons. The van der Waals surface area contributed by atoms with Crippen molar-refractivity contribution in [2.45, 2.75) is 20.0 Å². The molecular weight excluding hydrogens is 428 g/mol. The quantitative estimate of drug-likeness (QED) is 0.602. The lowest BCUT2D eigenvalue weighted by Crippen LogP contribution is -2.45. The zero-order valence-electron chi connectivity index (χ0n) is 19.5. The van der Waals surface area contributed by atoms with Gasteiger partial charge in [-0.1, -0.05) is 24.3 Å². The van der Waals surface area contributed by atoms with Gasteiger partial charge in [-0.2, -0.15) is 0 Å². The normalized spacial score (nSPS) is 14.1. The number of carboxylic acids is 2. The number of aliphatic carboxylic acids is 2. The number of aryl methyl sites for hydroxylation is 1. The molecule has 180 valence electrons. The highest BCUT2D eigenvalue weighted by molar-refractivity contribution is 6.27. The fourth-order valence-electron chi connectivity index (χ4n) is 3.62. The van der Waals surface area contributed by atoms with E-state index in [-0.39, 0.29) is 0 Å². The standard InChI is InChI=1S/C22H30N2O3.C2H2O4/c1-17-7-5-6-8-19(17)16-24-11-9-23(10-12-24)15-18-13-20(25-2)22(27-4)21(14-18)26-3;3-1(4)2(5)6/h5-8,13-14H,9-12,15-16H2,1-4H3;(H,3,4)(H,5,6). The lowest BCUT2D eigenvalue weighted by atomic mass is 10.1. The van der Waals surface area contributed by atoms with E-state index in [0.717, 1.165) is 39.3 Å². The number of methoxy groups -OCH3 is 3. The van der Waals surface area contributed by atoms with Crippen LogP contribution in [-0.4, -0.2) is 79.5 Å². The van der Waals surface area contributed by atoms with E-state index in [9.17, 15) is 0 Å². The molecule has 0 atom stereocenters. The van der Waals surface area contributed by atoms with E-state index in [2.05, 4.69) is 41.0 Å². The van der Waals surface area contributed by atoms with Gasteiger partial charge in [0.05, 0.1) is 21.3 Å². The van der Waals surface area contributed by atoms with Crippen molar-refractivity contribution in [3.63, 3.8) is 0 Å². The smallest absolute Gasteiger partial charge is 0.414 e. The van der Waals surface area contributed by atoms with Crippen LogP contribution in [0.4, 0.5) is 0 Å². The molecule has 2 aromatic carbocycles. The highest BCUT2D eigenvalue weighted by Crippen LogP contribution is 2.38. The number of hydrogen-bond acceptors (Lipinski definition) is 7. The number of carboxylic acid groups (broad SMARTS) is 2. The van der Waals surface area contributed by atoms with Crippen molar-refractivity contribution >= 4 is 11.9 Å². The number of nitrogens with zero attached hydrogens (tertiary/aromatic N) is 2. The van der Waals surface area contributed by atoms with Crippen LogP contribution < -0.4 is 14.2 Å². The van der Waals surface area contributed by atoms with Crippen molar-refractivity contribution in [3.8, 4) is 17.2 Å². The van der Waals surface area contributed by atoms with E-state index >= 15 is 0 Å². The Morgan fingerprint density at radius 1 is 0.818 bits per heavy atom. The van der Waals surface area contributed by atoms with E-state index < -0.39 is 11.9 Å². The number of benzene rings is 2. The minimum Gasteiger partial charge on any atom is -0.493 e. The van der Waals surface area contributed by atoms with E-state index in [1.54, 1.807) is 21.3 Å². The summed E-state index contributed by atoms with van der Waals surface area (Å²) in [6.45, 7) is 8.39. The molecule has 1 fully saturated rings. The molecule has 0 unspecified atom stereocenters. The number of ether oxygens (including phenoxy) is 3. The molecule has 1 saturated heterocycles. The van der Waals surface area contributed by atoms with Gasteiger partial charge in [0.2, 0.25) is 5.75 Å². The summed E-state index contributed by atoms with van der Waals surface area (Å²) in [6.07, 6.45) is 0. The Hall–Kier alpha value is -3.30. The third kappa shape index (κ3) is 7.65. The number of carbonyl (C=O) groups is 2. The Kier molecular flexibility index (Phi) is 9.96. The first-order valence-corrected chi connectivity index (χ1v) is 10.5. The molecule has 2 N–H and O–H groups in total. The second-order valence-corrected chi connectivity index (χ2v) is 7.62. The summed E-state index contributed by atoms with van der Waals surface area (Å²) < 4.78 is 16.4. The van der Waals surface area contributed by atoms with Crippen LogP contribution in [0, 0.1) is 6.92 Å². The molecule has 0 saturated carbocycles. The SMILES string of the molecule is COc1cc(CN2CCN(Cc3ccccc3C)CC2)cc(OC)c1OC.O=C(O)C(=O)O. The average molecular weight is 461 g/mol. The molecule has 1 aliphatic rings. The van der Waals surface area contributed by atoms with Gasteiger partial charge in [0, 0.05) is 39.3 Å². The first-order valence-electron chi connectivity index (χ1n) is 10.5. The first-order chi connectivity index (χ1) is 15.8. The number of piperazine rings is 1. The van der Waals surface area contributed by atoms with Crippen LogP contribution in [0.3, 0.4) is 0 Å². The lowest BCUT2D eigenvalue weighted by molar-refractivity contribution is -0.159. The Labute approximate surface area is 194 Å². The number of hydrogen-bond donors (Lipinski definition) is 2. The molecule has 0 aliphatic carbocycles. The zero-order valence-corrected chi connectivity index (χ0v) is 19.5. The summed E-state index contributed by atoms with van der Waals surface area (Å²) in [7, 11) is 4.95. The molecule has 33 heavy (non-hydrogen) atoms. The Balaban J connectivity index is 0.000000569. The maximum Gasteiger partial charge on any atom is 0.414 e. The Bertz CT molecular complexity index is 903. The highest BCUT2D eigenvalue weighted by atomic mass is 16.5. The molecule has 0 bridgehead atoms. The zero-order chi connectivity index (χ0) is 24.4. The summed E-state index contributed by atoms with van der Waals surface area (Å²) in [4.78, 5) is 23.2. The van der Waals surface area contributed by atoms with Crippen molar-refractivity contribution < 1.29 is 34.0 Å². The third-order valence-electron chi connectivity index (χ3n) is 5.43. The van der Waals surface area contributed by atoms with Crippen LogP contribution in [-0.2, 0) is 22.7 Å². The van der Waals surface area contributed by atoms with Crippen LogP contribution in [0.2, 0.25) is 0 Å². The fourth-order valence-corrected chi connectivity index (χ4v) is 3.62. The van der Waals surface area contributed by atoms with E-state index in [1.165, 1.54) is 16.7 Å². The maximum atomic E-state index is 9.10. The molecular formula is C24H32N2O7. The Morgan fingerprint density at radius 3 is 1.73 bits per heavy atom. The largest absolute Gasteiger partial charge is 0.493 e. The second-order valence-electron chi connectivity index (χ2n) is 7.62. The molecule has 0 amide bonds. The maximum absolute atomic E-state index is 9.10. The van der Waals surface area contributed by atoms with Crippen LogP contribution in [0.25, 0.3) is 0 Å². The van der Waals surface area contributed by atoms with Crippen molar-refractivity contribution in [1.82, 2.24) is 9.80 Å². The van der Waals surface area contributed by atoms with Crippen LogP contribution >= 0.6 is 0 Å². The first kappa shape index (κ1) is 26.0. The predicted molar refractivity (Wildman–Crippen MR) is 123 cm³/mol. The molecule has 1 aliphatic heterocycles. The van der Waals surface area contributed by atoms with Crippen LogP contribution in [0.1, 0.15) is 16.7 Å². The molecule has 3 rings (SSSR count). The van der Waals surface area contributed by atoms with E-state index in [1.807, 2.05) is 12.1 Å². The summed E-state index contributed by atoms with van der Waals surface area (Å²) >= 11 is 0. The van der Waals surface area contributed by atoms with Gasteiger partial charge in [0.25, 0.3) is 0 Å². The fraction of sp³-hybridized carbons (Fsp3) is 0.417. The molecule has 2 aromatic rings. The third-order valence-corrected chi connectivity index (χ3v) is 5.43. The van der Waals surface area contributed by atoms with E-state index in [0.29, 0.717) is 17.2 Å². The summed E-state index contributed by atoms with van der Waals surface area (Å²) in [5.74, 6) is -1.58. The van der Waals surface area contributed by atoms with Gasteiger partial charge in [-0.15, -0.1) is 0 Å². The van der Waals surface area contributed by atoms with Crippen LogP contribution in [0.5, 0.6) is 17.2 Å². The van der Waals surface area contributed by atoms with Gasteiger partial charge < -0.3 is 24.4 Å². The van der Waals surface area contributed by atoms with Gasteiger partial charge in [-0.3, -0.25) is 9.80 Å². The van der Waals surface area contributed by atoms with Gasteiger partial charge in [0.1, 0.15) is 0 Å². The lowest BCUT2D eigenvalue weighted by Gasteiger charge is -2.35. The molecule has 0 aromatic heterocycles. The monoisotopic (exact) mass is 460 g/mol. The van der Waals surface area contributed by atoms with Gasteiger partial charge in [-0.25, -0.2) is 9.59 Å². The van der Waals surface area contributed by atoms with Crippen molar-refractivity contribution in [2.75, 3.05) is 47.5 Å².